The molecule has 3 atom stereocenters. The van der Waals surface area contributed by atoms with Crippen molar-refractivity contribution in [2.45, 2.75) is 75.2 Å². The van der Waals surface area contributed by atoms with Crippen LogP contribution in [0.4, 0.5) is 5.69 Å². The van der Waals surface area contributed by atoms with Crippen LogP contribution in [0.5, 0.6) is 0 Å². The van der Waals surface area contributed by atoms with Gasteiger partial charge in [0.05, 0.1) is 27.2 Å². The summed E-state index contributed by atoms with van der Waals surface area (Å²) >= 11 is 3.08. The van der Waals surface area contributed by atoms with Gasteiger partial charge in [-0.05, 0) is 54.2 Å². The van der Waals surface area contributed by atoms with Gasteiger partial charge in [0.2, 0.25) is 5.91 Å². The number of nitro groups is 1. The van der Waals surface area contributed by atoms with Gasteiger partial charge in [-0.3, -0.25) is 14.9 Å². The fourth-order valence-corrected chi connectivity index (χ4v) is 7.85. The molecule has 8 nitrogen and oxygen atoms in total. The Kier molecular flexibility index (Phi) is 7.71. The minimum Gasteiger partial charge on any atom is -0.456 e. The smallest absolute Gasteiger partial charge is 0.356 e. The van der Waals surface area contributed by atoms with Crippen LogP contribution in [0.15, 0.2) is 56.6 Å². The number of nitro benzene ring substituents is 1. The number of amides is 1. The lowest BCUT2D eigenvalue weighted by Gasteiger charge is -2.48. The van der Waals surface area contributed by atoms with Crippen LogP contribution >= 0.6 is 23.1 Å². The van der Waals surface area contributed by atoms with Crippen LogP contribution in [0.25, 0.3) is 0 Å². The molecule has 1 aromatic carbocycles. The molecule has 0 radical (unpaired) electrons. The first-order valence-electron chi connectivity index (χ1n) is 12.2. The zero-order valence-electron chi connectivity index (χ0n) is 21.8. The summed E-state index contributed by atoms with van der Waals surface area (Å²) in [4.78, 5) is 39.5. The Labute approximate surface area is 226 Å². The maximum absolute atomic E-state index is 13.4. The second-order valence-corrected chi connectivity index (χ2v) is 18.0. The normalized spacial score (nSPS) is 20.5. The zero-order chi connectivity index (χ0) is 27.1. The number of rotatable bonds is 9. The lowest BCUT2D eigenvalue weighted by Crippen LogP contribution is -2.63. The Morgan fingerprint density at radius 3 is 2.51 bits per heavy atom. The number of thiophene rings is 1. The molecule has 1 saturated heterocycles. The van der Waals surface area contributed by atoms with Gasteiger partial charge < -0.3 is 14.1 Å². The number of ether oxygens (including phenoxy) is 1. The Morgan fingerprint density at radius 1 is 1.27 bits per heavy atom. The minimum atomic E-state index is -2.08. The first-order chi connectivity index (χ1) is 17.3. The molecule has 0 saturated carbocycles. The topological polar surface area (TPSA) is 99.0 Å². The number of esters is 1. The maximum Gasteiger partial charge on any atom is 0.356 e. The van der Waals surface area contributed by atoms with Crippen molar-refractivity contribution in [3.8, 4) is 0 Å². The quantitative estimate of drug-likeness (QED) is 0.116. The monoisotopic (exact) mass is 560 g/mol. The van der Waals surface area contributed by atoms with Crippen molar-refractivity contribution in [2.24, 2.45) is 5.92 Å². The molecular weight excluding hydrogens is 529 g/mol. The fraction of sp³-hybridized carbons (Fsp3) is 0.462. The molecule has 2 aliphatic heterocycles. The van der Waals surface area contributed by atoms with Crippen LogP contribution in [-0.4, -0.2) is 42.2 Å². The molecule has 0 N–H and O–H groups in total. The van der Waals surface area contributed by atoms with Crippen LogP contribution in [0.2, 0.25) is 18.1 Å². The molecular formula is C26H32N2O6S2Si. The fourth-order valence-electron chi connectivity index (χ4n) is 4.39. The highest BCUT2D eigenvalue weighted by molar-refractivity contribution is 8.04. The van der Waals surface area contributed by atoms with Crippen molar-refractivity contribution < 1.29 is 23.7 Å². The Hall–Kier alpha value is -2.47. The highest BCUT2D eigenvalue weighted by Gasteiger charge is 2.58. The molecule has 0 aliphatic carbocycles. The van der Waals surface area contributed by atoms with E-state index in [4.69, 9.17) is 9.16 Å². The number of hydrogen-bond acceptors (Lipinski definition) is 8. The van der Waals surface area contributed by atoms with E-state index in [1.807, 2.05) is 24.4 Å². The van der Waals surface area contributed by atoms with E-state index in [-0.39, 0.29) is 41.3 Å². The second kappa shape index (κ2) is 10.4. The Morgan fingerprint density at radius 2 is 1.95 bits per heavy atom. The molecule has 2 aromatic rings. The summed E-state index contributed by atoms with van der Waals surface area (Å²) < 4.78 is 13.2. The number of nitrogens with zero attached hydrogens (tertiary/aromatic N) is 2. The van der Waals surface area contributed by atoms with Crippen LogP contribution < -0.4 is 0 Å². The lowest BCUT2D eigenvalue weighted by molar-refractivity contribution is -0.384. The van der Waals surface area contributed by atoms with Gasteiger partial charge in [0, 0.05) is 23.5 Å². The molecule has 2 unspecified atom stereocenters. The standard InChI is InChI=1S/C26H32N2O6S2Si/c1-16(34-37(5,6)26(2,3)4)22-19-14-20(36-21-8-7-13-35-21)23(27(19)24(22)29)25(30)33-15-17-9-11-18(12-10-17)28(31)32/h7-13,16,19,22H,14-15H2,1-6H3/t16?,19-,22?/m1/s1. The van der Waals surface area contributed by atoms with E-state index in [1.165, 1.54) is 23.9 Å². The molecule has 4 rings (SSSR count). The van der Waals surface area contributed by atoms with Crippen LogP contribution in [0.3, 0.4) is 0 Å². The predicted molar refractivity (Wildman–Crippen MR) is 147 cm³/mol. The summed E-state index contributed by atoms with van der Waals surface area (Å²) in [5.41, 5.74) is 0.897. The van der Waals surface area contributed by atoms with Crippen molar-refractivity contribution >= 4 is 49.0 Å². The van der Waals surface area contributed by atoms with Crippen molar-refractivity contribution in [1.29, 1.82) is 0 Å². The van der Waals surface area contributed by atoms with Gasteiger partial charge in [-0.25, -0.2) is 4.79 Å². The molecule has 1 aromatic heterocycles. The number of fused-ring (bicyclic) bond motifs is 1. The van der Waals surface area contributed by atoms with Gasteiger partial charge in [0.1, 0.15) is 12.3 Å². The summed E-state index contributed by atoms with van der Waals surface area (Å²) in [7, 11) is -2.08. The molecule has 37 heavy (non-hydrogen) atoms. The average molecular weight is 561 g/mol. The van der Waals surface area contributed by atoms with Gasteiger partial charge >= 0.3 is 5.97 Å². The average Bonchev–Trinajstić information content (AvgIpc) is 3.43. The molecule has 3 heterocycles. The van der Waals surface area contributed by atoms with E-state index in [0.717, 1.165) is 9.11 Å². The van der Waals surface area contributed by atoms with Gasteiger partial charge in [-0.2, -0.15) is 0 Å². The van der Waals surface area contributed by atoms with E-state index in [0.29, 0.717) is 17.7 Å². The Balaban J connectivity index is 1.51. The third-order valence-corrected chi connectivity index (χ3v) is 14.1. The van der Waals surface area contributed by atoms with Gasteiger partial charge in [0.25, 0.3) is 5.69 Å². The van der Waals surface area contributed by atoms with Gasteiger partial charge in [0.15, 0.2) is 8.32 Å². The number of benzene rings is 1. The van der Waals surface area contributed by atoms with Crippen molar-refractivity contribution in [3.63, 3.8) is 0 Å². The van der Waals surface area contributed by atoms with Gasteiger partial charge in [-0.1, -0.05) is 38.6 Å². The van der Waals surface area contributed by atoms with Gasteiger partial charge in [-0.15, -0.1) is 11.3 Å². The first-order valence-corrected chi connectivity index (χ1v) is 16.8. The molecule has 198 valence electrons. The third kappa shape index (κ3) is 5.54. The van der Waals surface area contributed by atoms with E-state index < -0.39 is 19.2 Å². The highest BCUT2D eigenvalue weighted by atomic mass is 32.2. The number of carbonyl (C=O) groups is 2. The number of carbonyl (C=O) groups excluding carboxylic acids is 2. The highest BCUT2D eigenvalue weighted by Crippen LogP contribution is 2.51. The van der Waals surface area contributed by atoms with E-state index in [2.05, 4.69) is 33.9 Å². The lowest BCUT2D eigenvalue weighted by atomic mass is 9.83. The number of non-ortho nitro benzene ring substituents is 1. The number of thioether (sulfide) groups is 1. The number of β-lactam (4-membered cyclic amide) rings is 1. The van der Waals surface area contributed by atoms with Crippen molar-refractivity contribution in [1.82, 2.24) is 4.90 Å². The van der Waals surface area contributed by atoms with E-state index in [1.54, 1.807) is 28.4 Å². The Bertz CT molecular complexity index is 1220. The van der Waals surface area contributed by atoms with Crippen molar-refractivity contribution in [2.75, 3.05) is 0 Å². The van der Waals surface area contributed by atoms with Crippen LogP contribution in [0, 0.1) is 16.0 Å². The third-order valence-electron chi connectivity index (χ3n) is 7.39. The first kappa shape index (κ1) is 27.6. The van der Waals surface area contributed by atoms with Crippen LogP contribution in [-0.2, 0) is 25.4 Å². The molecule has 1 fully saturated rings. The maximum atomic E-state index is 13.4. The number of hydrogen-bond donors (Lipinski definition) is 0. The molecule has 2 aliphatic rings. The van der Waals surface area contributed by atoms with E-state index in [9.17, 15) is 19.7 Å². The molecule has 1 amide bonds. The predicted octanol–water partition coefficient (Wildman–Crippen LogP) is 6.34. The molecule has 0 spiro atoms. The summed E-state index contributed by atoms with van der Waals surface area (Å²) in [5, 5.41) is 12.9. The van der Waals surface area contributed by atoms with E-state index >= 15 is 0 Å². The van der Waals surface area contributed by atoms with Crippen LogP contribution in [0.1, 0.15) is 39.7 Å². The summed E-state index contributed by atoms with van der Waals surface area (Å²) in [6.45, 7) is 12.8. The SMILES string of the molecule is CC(O[Si](C)(C)C(C)(C)C)C1C(=O)N2C(C(=O)OCc3ccc([N+](=O)[O-])cc3)=C(Sc3cccs3)C[C@H]12. The second-order valence-electron chi connectivity index (χ2n) is 10.9. The van der Waals surface area contributed by atoms with Crippen molar-refractivity contribution in [3.05, 3.63) is 68.1 Å². The largest absolute Gasteiger partial charge is 0.456 e. The molecule has 0 bridgehead atoms. The summed E-state index contributed by atoms with van der Waals surface area (Å²) in [6.07, 6.45) is 0.324. The summed E-state index contributed by atoms with van der Waals surface area (Å²) in [5.74, 6) is -0.988. The minimum absolute atomic E-state index is 0.0225. The summed E-state index contributed by atoms with van der Waals surface area (Å²) in [6, 6.07) is 9.66. The zero-order valence-corrected chi connectivity index (χ0v) is 24.5. The molecule has 11 heteroatoms.